The van der Waals surface area contributed by atoms with E-state index in [4.69, 9.17) is 4.74 Å². The van der Waals surface area contributed by atoms with Gasteiger partial charge in [0.25, 0.3) is 0 Å². The third-order valence-corrected chi connectivity index (χ3v) is 6.24. The number of anilines is 2. The Hall–Kier alpha value is -4.33. The van der Waals surface area contributed by atoms with Crippen molar-refractivity contribution in [2.45, 2.75) is 13.8 Å². The summed E-state index contributed by atoms with van der Waals surface area (Å²) >= 11 is 0. The molecule has 2 aromatic carbocycles. The molecule has 2 aromatic heterocycles. The van der Waals surface area contributed by atoms with Crippen molar-refractivity contribution in [2.24, 2.45) is 0 Å². The largest absolute Gasteiger partial charge is 0.462 e. The van der Waals surface area contributed by atoms with E-state index in [1.807, 2.05) is 80.6 Å². The van der Waals surface area contributed by atoms with Crippen molar-refractivity contribution in [3.63, 3.8) is 0 Å². The zero-order valence-corrected chi connectivity index (χ0v) is 20.5. The smallest absolute Gasteiger partial charge is 0.342 e. The molecule has 1 aliphatic rings. The van der Waals surface area contributed by atoms with Crippen LogP contribution in [0.1, 0.15) is 23.0 Å². The van der Waals surface area contributed by atoms with Crippen LogP contribution in [0.25, 0.3) is 22.4 Å². The van der Waals surface area contributed by atoms with E-state index in [0.29, 0.717) is 30.2 Å². The predicted octanol–water partition coefficient (Wildman–Crippen LogP) is 4.41. The molecule has 0 spiro atoms. The number of aryl methyl sites for hydroxylation is 1. The fourth-order valence-corrected chi connectivity index (χ4v) is 4.49. The van der Waals surface area contributed by atoms with Crippen molar-refractivity contribution in [1.82, 2.24) is 20.2 Å². The highest BCUT2D eigenvalue weighted by Crippen LogP contribution is 2.37. The van der Waals surface area contributed by atoms with Crippen molar-refractivity contribution < 1.29 is 9.53 Å². The van der Waals surface area contributed by atoms with Crippen molar-refractivity contribution in [1.29, 1.82) is 0 Å². The van der Waals surface area contributed by atoms with Gasteiger partial charge in [-0.1, -0.05) is 60.7 Å². The van der Waals surface area contributed by atoms with Crippen LogP contribution in [-0.2, 0) is 4.74 Å². The van der Waals surface area contributed by atoms with Crippen molar-refractivity contribution in [2.75, 3.05) is 42.6 Å². The van der Waals surface area contributed by atoms with Crippen molar-refractivity contribution >= 4 is 17.6 Å². The van der Waals surface area contributed by atoms with Crippen LogP contribution in [0.3, 0.4) is 0 Å². The van der Waals surface area contributed by atoms with Crippen LogP contribution in [0.15, 0.2) is 73.1 Å². The number of esters is 1. The SMILES string of the molecule is CCOC(=O)c1c(N2CCN(c3cc(C)ncn3)CC2)nnc(-c2ccccc2)c1-c1ccccc1. The zero-order chi connectivity index (χ0) is 24.9. The van der Waals surface area contributed by atoms with Gasteiger partial charge in [-0.3, -0.25) is 0 Å². The lowest BCUT2D eigenvalue weighted by molar-refractivity contribution is 0.0527. The zero-order valence-electron chi connectivity index (χ0n) is 20.5. The summed E-state index contributed by atoms with van der Waals surface area (Å²) in [6.45, 7) is 6.86. The van der Waals surface area contributed by atoms with E-state index in [9.17, 15) is 4.79 Å². The van der Waals surface area contributed by atoms with E-state index in [1.165, 1.54) is 0 Å². The van der Waals surface area contributed by atoms with Gasteiger partial charge in [0.15, 0.2) is 5.82 Å². The van der Waals surface area contributed by atoms with E-state index in [2.05, 4.69) is 30.0 Å². The Morgan fingerprint density at radius 3 is 2.14 bits per heavy atom. The normalized spacial score (nSPS) is 13.5. The molecule has 3 heterocycles. The average molecular weight is 481 g/mol. The maximum Gasteiger partial charge on any atom is 0.342 e. The topological polar surface area (TPSA) is 84.3 Å². The maximum atomic E-state index is 13.5. The molecule has 8 nitrogen and oxygen atoms in total. The summed E-state index contributed by atoms with van der Waals surface area (Å²) < 4.78 is 5.56. The Kier molecular flexibility index (Phi) is 6.84. The molecule has 0 saturated carbocycles. The van der Waals surface area contributed by atoms with E-state index >= 15 is 0 Å². The van der Waals surface area contributed by atoms with Gasteiger partial charge in [-0.15, -0.1) is 10.2 Å². The van der Waals surface area contributed by atoms with Crippen molar-refractivity contribution in [3.8, 4) is 22.4 Å². The highest BCUT2D eigenvalue weighted by Gasteiger charge is 2.30. The van der Waals surface area contributed by atoms with Crippen LogP contribution in [0.2, 0.25) is 0 Å². The number of piperazine rings is 1. The number of aromatic nitrogens is 4. The number of hydrogen-bond acceptors (Lipinski definition) is 8. The third-order valence-electron chi connectivity index (χ3n) is 6.24. The van der Waals surface area contributed by atoms with E-state index in [1.54, 1.807) is 6.33 Å². The minimum atomic E-state index is -0.396. The second kappa shape index (κ2) is 10.5. The molecule has 0 atom stereocenters. The first kappa shape index (κ1) is 23.4. The van der Waals surface area contributed by atoms with Gasteiger partial charge in [-0.25, -0.2) is 14.8 Å². The van der Waals surface area contributed by atoms with Crippen LogP contribution in [0.5, 0.6) is 0 Å². The van der Waals surface area contributed by atoms with Crippen LogP contribution in [0.4, 0.5) is 11.6 Å². The van der Waals surface area contributed by atoms with E-state index in [-0.39, 0.29) is 6.61 Å². The Morgan fingerprint density at radius 1 is 0.861 bits per heavy atom. The van der Waals surface area contributed by atoms with Gasteiger partial charge >= 0.3 is 5.97 Å². The molecule has 1 saturated heterocycles. The molecule has 36 heavy (non-hydrogen) atoms. The molecule has 1 fully saturated rings. The monoisotopic (exact) mass is 480 g/mol. The molecular weight excluding hydrogens is 452 g/mol. The number of hydrogen-bond donors (Lipinski definition) is 0. The molecule has 0 amide bonds. The fraction of sp³-hybridized carbons (Fsp3) is 0.250. The summed E-state index contributed by atoms with van der Waals surface area (Å²) in [6, 6.07) is 21.7. The number of carbonyl (C=O) groups is 1. The summed E-state index contributed by atoms with van der Waals surface area (Å²) in [5, 5.41) is 9.27. The first-order chi connectivity index (χ1) is 17.7. The second-order valence-electron chi connectivity index (χ2n) is 8.57. The molecule has 0 unspecified atom stereocenters. The molecule has 4 aromatic rings. The molecular formula is C28H28N6O2. The molecule has 0 aliphatic carbocycles. The fourth-order valence-electron chi connectivity index (χ4n) is 4.49. The second-order valence-corrected chi connectivity index (χ2v) is 8.57. The molecule has 0 bridgehead atoms. The molecule has 8 heteroatoms. The summed E-state index contributed by atoms with van der Waals surface area (Å²) in [6.07, 6.45) is 1.59. The minimum Gasteiger partial charge on any atom is -0.462 e. The molecule has 0 radical (unpaired) electrons. The minimum absolute atomic E-state index is 0.274. The summed E-state index contributed by atoms with van der Waals surface area (Å²) in [7, 11) is 0. The Bertz CT molecular complexity index is 1340. The van der Waals surface area contributed by atoms with Crippen LogP contribution < -0.4 is 9.80 Å². The number of carbonyl (C=O) groups excluding carboxylic acids is 1. The summed E-state index contributed by atoms with van der Waals surface area (Å²) in [5.41, 5.74) is 4.56. The lowest BCUT2D eigenvalue weighted by Crippen LogP contribution is -2.47. The quantitative estimate of drug-likeness (QED) is 0.375. The standard InChI is InChI=1S/C28H28N6O2/c1-3-36-28(35)25-24(21-10-6-4-7-11-21)26(22-12-8-5-9-13-22)31-32-27(25)34-16-14-33(15-17-34)23-18-20(2)29-19-30-23/h4-13,18-19H,3,14-17H2,1-2H3. The van der Waals surface area contributed by atoms with Gasteiger partial charge in [-0.2, -0.15) is 0 Å². The molecule has 5 rings (SSSR count). The number of rotatable bonds is 6. The van der Waals surface area contributed by atoms with Gasteiger partial charge in [0, 0.05) is 49.1 Å². The van der Waals surface area contributed by atoms with Gasteiger partial charge in [0.1, 0.15) is 23.4 Å². The number of nitrogens with zero attached hydrogens (tertiary/aromatic N) is 6. The average Bonchev–Trinajstić information content (AvgIpc) is 2.93. The van der Waals surface area contributed by atoms with Gasteiger partial charge in [0.05, 0.1) is 6.61 Å². The van der Waals surface area contributed by atoms with Crippen LogP contribution >= 0.6 is 0 Å². The first-order valence-electron chi connectivity index (χ1n) is 12.1. The predicted molar refractivity (Wildman–Crippen MR) is 140 cm³/mol. The number of ether oxygens (including phenoxy) is 1. The summed E-state index contributed by atoms with van der Waals surface area (Å²) in [5.74, 6) is 1.06. The Balaban J connectivity index is 1.58. The van der Waals surface area contributed by atoms with Gasteiger partial charge < -0.3 is 14.5 Å². The first-order valence-corrected chi connectivity index (χ1v) is 12.1. The molecule has 0 N–H and O–H groups in total. The lowest BCUT2D eigenvalue weighted by atomic mass is 9.94. The Morgan fingerprint density at radius 2 is 1.50 bits per heavy atom. The third kappa shape index (κ3) is 4.75. The van der Waals surface area contributed by atoms with Gasteiger partial charge in [-0.05, 0) is 19.4 Å². The molecule has 182 valence electrons. The molecule has 1 aliphatic heterocycles. The summed E-state index contributed by atoms with van der Waals surface area (Å²) in [4.78, 5) is 26.4. The van der Waals surface area contributed by atoms with Crippen molar-refractivity contribution in [3.05, 3.63) is 84.3 Å². The van der Waals surface area contributed by atoms with E-state index in [0.717, 1.165) is 41.3 Å². The van der Waals surface area contributed by atoms with Gasteiger partial charge in [0.2, 0.25) is 0 Å². The van der Waals surface area contributed by atoms with Crippen LogP contribution in [0, 0.1) is 6.92 Å². The number of benzene rings is 2. The van der Waals surface area contributed by atoms with E-state index < -0.39 is 5.97 Å². The highest BCUT2D eigenvalue weighted by atomic mass is 16.5. The maximum absolute atomic E-state index is 13.5. The lowest BCUT2D eigenvalue weighted by Gasteiger charge is -2.36. The van der Waals surface area contributed by atoms with Crippen LogP contribution in [-0.4, -0.2) is 58.9 Å². The Labute approximate surface area is 210 Å². The highest BCUT2D eigenvalue weighted by molar-refractivity contribution is 6.05.